The normalized spacial score (nSPS) is 12.3. The maximum atomic E-state index is 13.8. The summed E-state index contributed by atoms with van der Waals surface area (Å²) >= 11 is 0. The van der Waals surface area contributed by atoms with Crippen molar-refractivity contribution in [2.75, 3.05) is 30.8 Å². The Labute approximate surface area is 250 Å². The number of carbonyl (C=O) groups is 2. The molecule has 12 heteroatoms. The molecule has 0 fully saturated rings. The quantitative estimate of drug-likeness (QED) is 0.273. The Balaban J connectivity index is 1.89. The van der Waals surface area contributed by atoms with Gasteiger partial charge in [-0.3, -0.25) is 13.9 Å². The van der Waals surface area contributed by atoms with Crippen LogP contribution in [0.4, 0.5) is 18.9 Å². The van der Waals surface area contributed by atoms with Gasteiger partial charge in [0.1, 0.15) is 11.8 Å². The number of sulfonamides is 1. The number of carbonyl (C=O) groups excluding carboxylic acids is 2. The lowest BCUT2D eigenvalue weighted by molar-refractivity contribution is -0.141. The van der Waals surface area contributed by atoms with Crippen molar-refractivity contribution in [1.82, 2.24) is 10.2 Å². The van der Waals surface area contributed by atoms with Crippen molar-refractivity contribution in [3.8, 4) is 5.75 Å². The SMILES string of the molecule is CCNC(=O)[C@H](Cc1ccccc1)N(Cc1cccc(OC)c1)C(=O)CCCN(c1cccc(C(F)(F)F)c1)S(C)(=O)=O. The van der Waals surface area contributed by atoms with E-state index in [1.807, 2.05) is 30.3 Å². The molecule has 0 unspecified atom stereocenters. The fraction of sp³-hybridized carbons (Fsp3) is 0.355. The molecule has 0 spiro atoms. The summed E-state index contributed by atoms with van der Waals surface area (Å²) in [5.41, 5.74) is 0.430. The molecule has 0 saturated carbocycles. The summed E-state index contributed by atoms with van der Waals surface area (Å²) in [7, 11) is -2.45. The first kappa shape index (κ1) is 33.4. The van der Waals surface area contributed by atoms with Crippen LogP contribution in [0.5, 0.6) is 5.75 Å². The Morgan fingerprint density at radius 1 is 0.953 bits per heavy atom. The van der Waals surface area contributed by atoms with Gasteiger partial charge in [-0.05, 0) is 54.8 Å². The first-order chi connectivity index (χ1) is 20.3. The number of hydrogen-bond acceptors (Lipinski definition) is 5. The monoisotopic (exact) mass is 619 g/mol. The highest BCUT2D eigenvalue weighted by Gasteiger charge is 2.32. The van der Waals surface area contributed by atoms with Crippen LogP contribution in [0, 0.1) is 0 Å². The molecule has 0 heterocycles. The van der Waals surface area contributed by atoms with Crippen LogP contribution in [-0.4, -0.2) is 57.6 Å². The molecule has 0 aliphatic rings. The highest BCUT2D eigenvalue weighted by molar-refractivity contribution is 7.92. The number of hydrogen-bond donors (Lipinski definition) is 1. The van der Waals surface area contributed by atoms with E-state index in [4.69, 9.17) is 4.74 Å². The average Bonchev–Trinajstić information content (AvgIpc) is 2.96. The van der Waals surface area contributed by atoms with Gasteiger partial charge in [0, 0.05) is 32.5 Å². The predicted octanol–water partition coefficient (Wildman–Crippen LogP) is 5.04. The molecular formula is C31H36F3N3O5S. The molecule has 0 aromatic heterocycles. The van der Waals surface area contributed by atoms with E-state index in [2.05, 4.69) is 5.32 Å². The van der Waals surface area contributed by atoms with Gasteiger partial charge in [0.05, 0.1) is 24.6 Å². The minimum absolute atomic E-state index is 0.00418. The first-order valence-corrected chi connectivity index (χ1v) is 15.6. The Morgan fingerprint density at radius 2 is 1.63 bits per heavy atom. The number of nitrogens with one attached hydrogen (secondary N) is 1. The lowest BCUT2D eigenvalue weighted by Crippen LogP contribution is -2.50. The molecule has 0 aliphatic heterocycles. The van der Waals surface area contributed by atoms with Crippen LogP contribution in [0.1, 0.15) is 36.5 Å². The second kappa shape index (κ2) is 14.9. The molecule has 0 bridgehead atoms. The Bertz CT molecular complexity index is 1480. The van der Waals surface area contributed by atoms with Gasteiger partial charge in [0.25, 0.3) is 0 Å². The molecule has 1 atom stereocenters. The average molecular weight is 620 g/mol. The van der Waals surface area contributed by atoms with Gasteiger partial charge in [0.15, 0.2) is 0 Å². The van der Waals surface area contributed by atoms with Crippen molar-refractivity contribution >= 4 is 27.5 Å². The molecule has 3 aromatic rings. The molecule has 0 saturated heterocycles. The molecule has 8 nitrogen and oxygen atoms in total. The van der Waals surface area contributed by atoms with Crippen molar-refractivity contribution in [3.63, 3.8) is 0 Å². The molecule has 0 radical (unpaired) electrons. The van der Waals surface area contributed by atoms with Crippen molar-refractivity contribution in [2.24, 2.45) is 0 Å². The fourth-order valence-electron chi connectivity index (χ4n) is 4.65. The molecule has 3 aromatic carbocycles. The lowest BCUT2D eigenvalue weighted by atomic mass is 10.0. The van der Waals surface area contributed by atoms with E-state index < -0.39 is 33.7 Å². The topological polar surface area (TPSA) is 96.0 Å². The summed E-state index contributed by atoms with van der Waals surface area (Å²) < 4.78 is 71.2. The summed E-state index contributed by atoms with van der Waals surface area (Å²) in [6.45, 7) is 1.97. The third-order valence-electron chi connectivity index (χ3n) is 6.72. The molecular weight excluding hydrogens is 583 g/mol. The van der Waals surface area contributed by atoms with E-state index in [0.717, 1.165) is 39.9 Å². The van der Waals surface area contributed by atoms with E-state index in [0.29, 0.717) is 12.3 Å². The molecule has 1 N–H and O–H groups in total. The zero-order chi connectivity index (χ0) is 31.6. The maximum absolute atomic E-state index is 13.8. The minimum Gasteiger partial charge on any atom is -0.497 e. The van der Waals surface area contributed by atoms with Gasteiger partial charge in [-0.2, -0.15) is 13.2 Å². The summed E-state index contributed by atoms with van der Waals surface area (Å²) in [5, 5.41) is 2.81. The molecule has 3 rings (SSSR count). The minimum atomic E-state index is -4.65. The zero-order valence-corrected chi connectivity index (χ0v) is 25.1. The fourth-order valence-corrected chi connectivity index (χ4v) is 5.61. The molecule has 2 amide bonds. The summed E-state index contributed by atoms with van der Waals surface area (Å²) in [5.74, 6) is -0.177. The summed E-state index contributed by atoms with van der Waals surface area (Å²) in [4.78, 5) is 28.6. The highest BCUT2D eigenvalue weighted by Crippen LogP contribution is 2.32. The van der Waals surface area contributed by atoms with E-state index in [-0.39, 0.29) is 43.9 Å². The Hall–Kier alpha value is -4.06. The number of likely N-dealkylation sites (N-methyl/N-ethyl adjacent to an activating group) is 1. The largest absolute Gasteiger partial charge is 0.497 e. The molecule has 0 aliphatic carbocycles. The van der Waals surface area contributed by atoms with E-state index in [1.165, 1.54) is 18.1 Å². The van der Waals surface area contributed by atoms with E-state index >= 15 is 0 Å². The van der Waals surface area contributed by atoms with Crippen molar-refractivity contribution < 1.29 is 35.9 Å². The summed E-state index contributed by atoms with van der Waals surface area (Å²) in [6, 6.07) is 19.5. The van der Waals surface area contributed by atoms with Crippen molar-refractivity contribution in [3.05, 3.63) is 95.6 Å². The van der Waals surface area contributed by atoms with Gasteiger partial charge in [0.2, 0.25) is 21.8 Å². The Kier molecular flexibility index (Phi) is 11.6. The highest BCUT2D eigenvalue weighted by atomic mass is 32.2. The van der Waals surface area contributed by atoms with Gasteiger partial charge in [-0.15, -0.1) is 0 Å². The number of anilines is 1. The van der Waals surface area contributed by atoms with E-state index in [9.17, 15) is 31.2 Å². The van der Waals surface area contributed by atoms with Crippen LogP contribution >= 0.6 is 0 Å². The number of halogens is 3. The van der Waals surface area contributed by atoms with Gasteiger partial charge in [-0.25, -0.2) is 8.42 Å². The smallest absolute Gasteiger partial charge is 0.416 e. The Morgan fingerprint density at radius 3 is 2.26 bits per heavy atom. The predicted molar refractivity (Wildman–Crippen MR) is 159 cm³/mol. The number of rotatable bonds is 14. The van der Waals surface area contributed by atoms with Crippen LogP contribution in [-0.2, 0) is 38.8 Å². The number of methoxy groups -OCH3 is 1. The van der Waals surface area contributed by atoms with Crippen molar-refractivity contribution in [2.45, 2.75) is 44.9 Å². The molecule has 232 valence electrons. The zero-order valence-electron chi connectivity index (χ0n) is 24.3. The van der Waals surface area contributed by atoms with Crippen LogP contribution in [0.15, 0.2) is 78.9 Å². The second-order valence-electron chi connectivity index (χ2n) is 9.96. The van der Waals surface area contributed by atoms with Gasteiger partial charge >= 0.3 is 6.18 Å². The van der Waals surface area contributed by atoms with Gasteiger partial charge < -0.3 is 15.0 Å². The first-order valence-electron chi connectivity index (χ1n) is 13.7. The van der Waals surface area contributed by atoms with Crippen molar-refractivity contribution in [1.29, 1.82) is 0 Å². The van der Waals surface area contributed by atoms with Crippen LogP contribution in [0.3, 0.4) is 0 Å². The number of alkyl halides is 3. The molecule has 43 heavy (non-hydrogen) atoms. The third kappa shape index (κ3) is 9.74. The van der Waals surface area contributed by atoms with Gasteiger partial charge in [-0.1, -0.05) is 48.5 Å². The number of benzene rings is 3. The van der Waals surface area contributed by atoms with Crippen LogP contribution in [0.2, 0.25) is 0 Å². The maximum Gasteiger partial charge on any atom is 0.416 e. The van der Waals surface area contributed by atoms with E-state index in [1.54, 1.807) is 31.2 Å². The van der Waals surface area contributed by atoms with Crippen LogP contribution < -0.4 is 14.4 Å². The lowest BCUT2D eigenvalue weighted by Gasteiger charge is -2.32. The summed E-state index contributed by atoms with van der Waals surface area (Å²) in [6.07, 6.45) is -3.66. The standard InChI is InChI=1S/C31H36F3N3O5S/c1-4-35-30(39)28(20-23-11-6-5-7-12-23)36(22-24-13-8-16-27(19-24)42-2)29(38)17-10-18-37(43(3,40)41)26-15-9-14-25(21-26)31(32,33)34/h5-9,11-16,19,21,28H,4,10,17-18,20,22H2,1-3H3,(H,35,39)/t28-/m0/s1. The van der Waals surface area contributed by atoms with Crippen LogP contribution in [0.25, 0.3) is 0 Å². The number of nitrogens with zero attached hydrogens (tertiary/aromatic N) is 2. The second-order valence-corrected chi connectivity index (χ2v) is 11.9. The number of amides is 2. The third-order valence-corrected chi connectivity index (χ3v) is 7.92. The number of ether oxygens (including phenoxy) is 1.